The number of ether oxygens (including phenoxy) is 2. The summed E-state index contributed by atoms with van der Waals surface area (Å²) in [6.07, 6.45) is 22.0. The molecule has 4 nitrogen and oxygen atoms in total. The lowest BCUT2D eigenvalue weighted by atomic mass is 9.77. The van der Waals surface area contributed by atoms with Gasteiger partial charge in [-0.25, -0.2) is 9.59 Å². The first kappa shape index (κ1) is 36.2. The Morgan fingerprint density at radius 2 is 0.913 bits per heavy atom. The molecule has 0 unspecified atom stereocenters. The number of hydrogen-bond acceptors (Lipinski definition) is 4. The first-order valence-corrected chi connectivity index (χ1v) is 19.0. The van der Waals surface area contributed by atoms with Crippen LogP contribution in [-0.4, -0.2) is 24.1 Å². The topological polar surface area (TPSA) is 52.6 Å². The quantitative estimate of drug-likeness (QED) is 0.129. The summed E-state index contributed by atoms with van der Waals surface area (Å²) in [4.78, 5) is 25.6. The van der Waals surface area contributed by atoms with Gasteiger partial charge in [-0.05, 0) is 137 Å². The Morgan fingerprint density at radius 1 is 0.565 bits per heavy atom. The minimum atomic E-state index is -0.284. The number of carbonyl (C=O) groups is 2. The van der Waals surface area contributed by atoms with Gasteiger partial charge in [0.15, 0.2) is 0 Å². The van der Waals surface area contributed by atoms with E-state index in [1.807, 2.05) is 38.1 Å². The fraction of sp³-hybridized carbons (Fsp3) is 0.667. The van der Waals surface area contributed by atoms with Crippen molar-refractivity contribution in [2.24, 2.45) is 11.8 Å². The van der Waals surface area contributed by atoms with Gasteiger partial charge >= 0.3 is 11.9 Å². The lowest BCUT2D eigenvalue weighted by molar-refractivity contribution is 0.0187. The number of carbonyl (C=O) groups excluding carboxylic acids is 2. The lowest BCUT2D eigenvalue weighted by Gasteiger charge is -2.29. The summed E-state index contributed by atoms with van der Waals surface area (Å²) in [7, 11) is 0. The molecule has 2 fully saturated rings. The second-order valence-electron chi connectivity index (χ2n) is 14.7. The zero-order valence-electron chi connectivity index (χ0n) is 29.4. The molecule has 2 aromatic rings. The Labute approximate surface area is 280 Å². The molecular weight excluding hydrogens is 568 g/mol. The summed E-state index contributed by atoms with van der Waals surface area (Å²) in [6, 6.07) is 16.2. The fourth-order valence-corrected chi connectivity index (χ4v) is 7.81. The van der Waals surface area contributed by atoms with E-state index in [0.717, 1.165) is 11.8 Å². The van der Waals surface area contributed by atoms with Gasteiger partial charge in [-0.1, -0.05) is 89.5 Å². The number of rotatable bonds is 17. The van der Waals surface area contributed by atoms with Crippen molar-refractivity contribution in [1.29, 1.82) is 0 Å². The van der Waals surface area contributed by atoms with Crippen LogP contribution >= 0.6 is 0 Å². The van der Waals surface area contributed by atoms with Gasteiger partial charge in [-0.3, -0.25) is 0 Å². The van der Waals surface area contributed by atoms with Crippen LogP contribution in [0.3, 0.4) is 0 Å². The Hall–Kier alpha value is -2.62. The minimum Gasteiger partial charge on any atom is -0.459 e. The smallest absolute Gasteiger partial charge is 0.338 e. The van der Waals surface area contributed by atoms with Gasteiger partial charge in [-0.2, -0.15) is 0 Å². The first-order valence-electron chi connectivity index (χ1n) is 19.0. The van der Waals surface area contributed by atoms with E-state index in [0.29, 0.717) is 35.8 Å². The van der Waals surface area contributed by atoms with Crippen molar-refractivity contribution in [3.63, 3.8) is 0 Å². The van der Waals surface area contributed by atoms with Crippen LogP contribution in [0.4, 0.5) is 0 Å². The highest BCUT2D eigenvalue weighted by Gasteiger charge is 2.24. The van der Waals surface area contributed by atoms with Crippen molar-refractivity contribution in [3.8, 4) is 0 Å². The van der Waals surface area contributed by atoms with Crippen LogP contribution in [0.2, 0.25) is 0 Å². The average Bonchev–Trinajstić information content (AvgIpc) is 3.08. The second-order valence-corrected chi connectivity index (χ2v) is 14.7. The van der Waals surface area contributed by atoms with Crippen molar-refractivity contribution in [3.05, 3.63) is 70.8 Å². The Balaban J connectivity index is 1.13. The van der Waals surface area contributed by atoms with Crippen LogP contribution in [0.5, 0.6) is 0 Å². The number of esters is 2. The summed E-state index contributed by atoms with van der Waals surface area (Å²) >= 11 is 0. The monoisotopic (exact) mass is 630 g/mol. The highest BCUT2D eigenvalue weighted by molar-refractivity contribution is 5.90. The summed E-state index contributed by atoms with van der Waals surface area (Å²) in [5.41, 5.74) is 3.91. The second kappa shape index (κ2) is 19.3. The molecule has 0 aromatic heterocycles. The highest BCUT2D eigenvalue weighted by atomic mass is 16.5. The lowest BCUT2D eigenvalue weighted by Crippen LogP contribution is -2.20. The molecule has 0 aliphatic heterocycles. The molecule has 46 heavy (non-hydrogen) atoms. The average molecular weight is 631 g/mol. The molecule has 0 amide bonds. The summed E-state index contributed by atoms with van der Waals surface area (Å²) in [6.45, 7) is 8.38. The Bertz CT molecular complexity index is 1060. The molecule has 0 bridgehead atoms. The fourth-order valence-electron chi connectivity index (χ4n) is 7.81. The third kappa shape index (κ3) is 11.6. The molecule has 0 radical (unpaired) electrons. The van der Waals surface area contributed by atoms with Crippen LogP contribution in [0.25, 0.3) is 0 Å². The van der Waals surface area contributed by atoms with E-state index in [1.165, 1.54) is 114 Å². The maximum absolute atomic E-state index is 12.8. The molecule has 0 heterocycles. The highest BCUT2D eigenvalue weighted by Crippen LogP contribution is 2.39. The molecule has 0 N–H and O–H groups in total. The van der Waals surface area contributed by atoms with Gasteiger partial charge in [-0.15, -0.1) is 0 Å². The third-order valence-corrected chi connectivity index (χ3v) is 11.0. The van der Waals surface area contributed by atoms with Crippen molar-refractivity contribution in [1.82, 2.24) is 0 Å². The molecule has 2 aliphatic rings. The van der Waals surface area contributed by atoms with Gasteiger partial charge in [0.25, 0.3) is 0 Å². The zero-order valence-corrected chi connectivity index (χ0v) is 29.4. The molecule has 0 saturated heterocycles. The van der Waals surface area contributed by atoms with Crippen LogP contribution in [0.1, 0.15) is 187 Å². The number of benzene rings is 2. The van der Waals surface area contributed by atoms with E-state index in [2.05, 4.69) is 38.1 Å². The Morgan fingerprint density at radius 3 is 1.24 bits per heavy atom. The van der Waals surface area contributed by atoms with Gasteiger partial charge in [0, 0.05) is 0 Å². The standard InChI is InChI=1S/C42H62O4/c1-5-7-9-11-33-15-19-35(20-16-33)37-23-27-39(28-24-37)41(43)45-31(3)13-14-32(4)46-42(44)40-29-25-38(26-30-40)36-21-17-34(18-22-36)12-10-8-6-2/h23-36H,5-22H2,1-4H3/t31-,32-,33-,34-,35-,36-/m1/s1. The molecule has 2 aliphatic carbocycles. The molecule has 2 aromatic carbocycles. The molecule has 254 valence electrons. The molecule has 4 heteroatoms. The maximum Gasteiger partial charge on any atom is 0.338 e. The molecule has 0 spiro atoms. The predicted octanol–water partition coefficient (Wildman–Crippen LogP) is 12.0. The van der Waals surface area contributed by atoms with E-state index < -0.39 is 0 Å². The van der Waals surface area contributed by atoms with Crippen molar-refractivity contribution in [2.75, 3.05) is 0 Å². The van der Waals surface area contributed by atoms with Crippen molar-refractivity contribution >= 4 is 11.9 Å². The van der Waals surface area contributed by atoms with E-state index in [9.17, 15) is 9.59 Å². The van der Waals surface area contributed by atoms with Crippen LogP contribution in [0, 0.1) is 11.8 Å². The van der Waals surface area contributed by atoms with Crippen LogP contribution in [-0.2, 0) is 9.47 Å². The van der Waals surface area contributed by atoms with Crippen molar-refractivity contribution in [2.45, 2.75) is 167 Å². The predicted molar refractivity (Wildman–Crippen MR) is 190 cm³/mol. The third-order valence-electron chi connectivity index (χ3n) is 11.0. The van der Waals surface area contributed by atoms with Crippen LogP contribution in [0.15, 0.2) is 48.5 Å². The molecular formula is C42H62O4. The molecule has 2 atom stereocenters. The summed E-state index contributed by atoms with van der Waals surface area (Å²) < 4.78 is 11.5. The van der Waals surface area contributed by atoms with Crippen molar-refractivity contribution < 1.29 is 19.1 Å². The SMILES string of the molecule is CCCCC[C@H]1CC[C@H](c2ccc(C(=O)O[C@H](C)CC[C@@H](C)OC(=O)c3ccc([C@H]4CC[C@H](CCCCC)CC4)cc3)cc2)CC1. The summed E-state index contributed by atoms with van der Waals surface area (Å²) in [5, 5.41) is 0. The molecule has 2 saturated carbocycles. The van der Waals surface area contributed by atoms with E-state index >= 15 is 0 Å². The number of hydrogen-bond donors (Lipinski definition) is 0. The Kier molecular flexibility index (Phi) is 15.2. The van der Waals surface area contributed by atoms with Gasteiger partial charge in [0.1, 0.15) is 0 Å². The van der Waals surface area contributed by atoms with Gasteiger partial charge in [0.2, 0.25) is 0 Å². The first-order chi connectivity index (χ1) is 22.4. The zero-order chi connectivity index (χ0) is 32.7. The van der Waals surface area contributed by atoms with Gasteiger partial charge in [0.05, 0.1) is 23.3 Å². The summed E-state index contributed by atoms with van der Waals surface area (Å²) in [5.74, 6) is 2.45. The number of unbranched alkanes of at least 4 members (excludes halogenated alkanes) is 4. The largest absolute Gasteiger partial charge is 0.459 e. The van der Waals surface area contributed by atoms with E-state index in [1.54, 1.807) is 0 Å². The maximum atomic E-state index is 12.8. The van der Waals surface area contributed by atoms with Gasteiger partial charge < -0.3 is 9.47 Å². The molecule has 4 rings (SSSR count). The van der Waals surface area contributed by atoms with E-state index in [4.69, 9.17) is 9.47 Å². The van der Waals surface area contributed by atoms with Crippen LogP contribution < -0.4 is 0 Å². The minimum absolute atomic E-state index is 0.252. The normalized spacial score (nSPS) is 23.0. The van der Waals surface area contributed by atoms with E-state index in [-0.39, 0.29) is 24.1 Å².